The second-order valence-electron chi connectivity index (χ2n) is 7.27. The molecular formula is C19H29N3O4. The lowest BCUT2D eigenvalue weighted by Crippen LogP contribution is -2.55. The maximum atomic E-state index is 12.4. The maximum Gasteiger partial charge on any atom is 0.410 e. The summed E-state index contributed by atoms with van der Waals surface area (Å²) in [5.41, 5.74) is 2.72. The summed E-state index contributed by atoms with van der Waals surface area (Å²) in [6, 6.07) is 3.70. The fourth-order valence-corrected chi connectivity index (χ4v) is 2.96. The summed E-state index contributed by atoms with van der Waals surface area (Å²) >= 11 is 0. The normalized spacial score (nSPS) is 17.4. The third kappa shape index (κ3) is 5.61. The number of aromatic nitrogens is 1. The van der Waals surface area contributed by atoms with Crippen molar-refractivity contribution in [1.82, 2.24) is 14.8 Å². The van der Waals surface area contributed by atoms with Crippen LogP contribution in [0.2, 0.25) is 0 Å². The molecule has 7 heteroatoms. The van der Waals surface area contributed by atoms with Crippen LogP contribution in [0.3, 0.4) is 0 Å². The summed E-state index contributed by atoms with van der Waals surface area (Å²) < 4.78 is 10.7. The fraction of sp³-hybridized carbons (Fsp3) is 0.632. The van der Waals surface area contributed by atoms with Gasteiger partial charge in [0.15, 0.2) is 0 Å². The number of aryl methyl sites for hydroxylation is 2. The number of hydrogen-bond donors (Lipinski definition) is 0. The van der Waals surface area contributed by atoms with Crippen molar-refractivity contribution in [3.8, 4) is 0 Å². The summed E-state index contributed by atoms with van der Waals surface area (Å²) in [5, 5.41) is 0. The van der Waals surface area contributed by atoms with Gasteiger partial charge in [-0.15, -0.1) is 0 Å². The van der Waals surface area contributed by atoms with Crippen LogP contribution in [0.5, 0.6) is 0 Å². The van der Waals surface area contributed by atoms with Crippen LogP contribution in [-0.4, -0.2) is 59.3 Å². The molecule has 1 saturated heterocycles. The number of nitrogens with zero attached hydrogens (tertiary/aromatic N) is 3. The van der Waals surface area contributed by atoms with Gasteiger partial charge >= 0.3 is 12.2 Å². The average Bonchev–Trinajstić information content (AvgIpc) is 2.56. The number of hydrogen-bond acceptors (Lipinski definition) is 5. The van der Waals surface area contributed by atoms with Crippen LogP contribution in [0.15, 0.2) is 12.1 Å². The SMILES string of the molecule is Cc1cc(COC(=O)N2CCN(C(=O)OCC(C)C)CC2C)cc(C)n1. The Morgan fingerprint density at radius 1 is 1.15 bits per heavy atom. The van der Waals surface area contributed by atoms with Crippen molar-refractivity contribution in [2.75, 3.05) is 26.2 Å². The van der Waals surface area contributed by atoms with Gasteiger partial charge in [-0.25, -0.2) is 9.59 Å². The first-order valence-electron chi connectivity index (χ1n) is 9.05. The zero-order valence-electron chi connectivity index (χ0n) is 16.3. The van der Waals surface area contributed by atoms with Gasteiger partial charge in [-0.3, -0.25) is 4.98 Å². The molecule has 0 spiro atoms. The van der Waals surface area contributed by atoms with E-state index in [1.807, 2.05) is 46.8 Å². The lowest BCUT2D eigenvalue weighted by molar-refractivity contribution is 0.0358. The number of pyridine rings is 1. The zero-order valence-corrected chi connectivity index (χ0v) is 16.3. The molecule has 1 aromatic heterocycles. The Hall–Kier alpha value is -2.31. The summed E-state index contributed by atoms with van der Waals surface area (Å²) in [4.78, 5) is 32.1. The quantitative estimate of drug-likeness (QED) is 0.822. The van der Waals surface area contributed by atoms with Crippen LogP contribution in [0.4, 0.5) is 9.59 Å². The number of amides is 2. The number of carbonyl (C=O) groups excluding carboxylic acids is 2. The van der Waals surface area contributed by atoms with Crippen molar-refractivity contribution in [3.63, 3.8) is 0 Å². The van der Waals surface area contributed by atoms with Crippen molar-refractivity contribution < 1.29 is 19.1 Å². The minimum absolute atomic E-state index is 0.122. The summed E-state index contributed by atoms with van der Waals surface area (Å²) in [5.74, 6) is 0.299. The Bertz CT molecular complexity index is 627. The van der Waals surface area contributed by atoms with E-state index in [-0.39, 0.29) is 24.8 Å². The van der Waals surface area contributed by atoms with Crippen molar-refractivity contribution in [1.29, 1.82) is 0 Å². The smallest absolute Gasteiger partial charge is 0.410 e. The van der Waals surface area contributed by atoms with Gasteiger partial charge in [0.25, 0.3) is 0 Å². The minimum atomic E-state index is -0.361. The molecule has 0 saturated carbocycles. The van der Waals surface area contributed by atoms with E-state index < -0.39 is 0 Å². The highest BCUT2D eigenvalue weighted by Crippen LogP contribution is 2.14. The molecule has 0 aromatic carbocycles. The van der Waals surface area contributed by atoms with E-state index in [0.717, 1.165) is 17.0 Å². The highest BCUT2D eigenvalue weighted by molar-refractivity contribution is 5.70. The van der Waals surface area contributed by atoms with Crippen molar-refractivity contribution in [2.24, 2.45) is 5.92 Å². The topological polar surface area (TPSA) is 72.0 Å². The second-order valence-corrected chi connectivity index (χ2v) is 7.27. The summed E-state index contributed by atoms with van der Waals surface area (Å²) in [7, 11) is 0. The van der Waals surface area contributed by atoms with Crippen LogP contribution < -0.4 is 0 Å². The van der Waals surface area contributed by atoms with Gasteiger partial charge in [-0.2, -0.15) is 0 Å². The van der Waals surface area contributed by atoms with Crippen molar-refractivity contribution in [2.45, 2.75) is 47.3 Å². The Kier molecular flexibility index (Phi) is 6.83. The number of rotatable bonds is 4. The Morgan fingerprint density at radius 3 is 2.38 bits per heavy atom. The molecule has 26 heavy (non-hydrogen) atoms. The molecule has 1 aliphatic heterocycles. The molecule has 2 heterocycles. The van der Waals surface area contributed by atoms with E-state index in [9.17, 15) is 9.59 Å². The Morgan fingerprint density at radius 2 is 1.81 bits per heavy atom. The van der Waals surface area contributed by atoms with Crippen LogP contribution in [-0.2, 0) is 16.1 Å². The fourth-order valence-electron chi connectivity index (χ4n) is 2.96. The predicted octanol–water partition coefficient (Wildman–Crippen LogP) is 3.13. The Balaban J connectivity index is 1.84. The molecule has 0 aliphatic carbocycles. The van der Waals surface area contributed by atoms with Crippen LogP contribution in [0.1, 0.15) is 37.7 Å². The summed E-state index contributed by atoms with van der Waals surface area (Å²) in [6.45, 7) is 11.7. The van der Waals surface area contributed by atoms with Gasteiger partial charge in [0.05, 0.1) is 12.6 Å². The molecule has 0 bridgehead atoms. The van der Waals surface area contributed by atoms with Gasteiger partial charge in [0, 0.05) is 31.0 Å². The molecule has 1 unspecified atom stereocenters. The van der Waals surface area contributed by atoms with Crippen molar-refractivity contribution >= 4 is 12.2 Å². The van der Waals surface area contributed by atoms with Crippen LogP contribution >= 0.6 is 0 Å². The van der Waals surface area contributed by atoms with E-state index in [1.165, 1.54) is 0 Å². The second kappa shape index (κ2) is 8.87. The first kappa shape index (κ1) is 20.0. The van der Waals surface area contributed by atoms with E-state index in [1.54, 1.807) is 9.80 Å². The lowest BCUT2D eigenvalue weighted by Gasteiger charge is -2.38. The van der Waals surface area contributed by atoms with Crippen LogP contribution in [0.25, 0.3) is 0 Å². The molecule has 0 radical (unpaired) electrons. The minimum Gasteiger partial charge on any atom is -0.449 e. The molecule has 0 N–H and O–H groups in total. The monoisotopic (exact) mass is 363 g/mol. The largest absolute Gasteiger partial charge is 0.449 e. The lowest BCUT2D eigenvalue weighted by atomic mass is 10.2. The molecule has 2 rings (SSSR count). The first-order chi connectivity index (χ1) is 12.3. The highest BCUT2D eigenvalue weighted by Gasteiger charge is 2.31. The van der Waals surface area contributed by atoms with E-state index in [0.29, 0.717) is 32.2 Å². The van der Waals surface area contributed by atoms with Crippen molar-refractivity contribution in [3.05, 3.63) is 29.1 Å². The third-order valence-corrected chi connectivity index (χ3v) is 4.16. The van der Waals surface area contributed by atoms with Gasteiger partial charge in [-0.05, 0) is 44.4 Å². The average molecular weight is 363 g/mol. The first-order valence-corrected chi connectivity index (χ1v) is 9.05. The maximum absolute atomic E-state index is 12.4. The molecule has 1 aromatic rings. The molecule has 144 valence electrons. The van der Waals surface area contributed by atoms with E-state index in [4.69, 9.17) is 9.47 Å². The molecule has 1 aliphatic rings. The molecule has 1 fully saturated rings. The van der Waals surface area contributed by atoms with Gasteiger partial charge < -0.3 is 19.3 Å². The Labute approximate surface area is 155 Å². The highest BCUT2D eigenvalue weighted by atomic mass is 16.6. The van der Waals surface area contributed by atoms with E-state index in [2.05, 4.69) is 4.98 Å². The standard InChI is InChI=1S/C19H29N3O4/c1-13(2)11-25-18(23)21-6-7-22(16(5)10-21)19(24)26-12-17-8-14(3)20-15(4)9-17/h8-9,13,16H,6-7,10-12H2,1-5H3. The number of carbonyl (C=O) groups is 2. The molecular weight excluding hydrogens is 334 g/mol. The molecule has 1 atom stereocenters. The molecule has 2 amide bonds. The predicted molar refractivity (Wildman–Crippen MR) is 97.8 cm³/mol. The molecule has 7 nitrogen and oxygen atoms in total. The number of piperazine rings is 1. The van der Waals surface area contributed by atoms with Gasteiger partial charge in [0.1, 0.15) is 6.61 Å². The summed E-state index contributed by atoms with van der Waals surface area (Å²) in [6.07, 6.45) is -0.680. The van der Waals surface area contributed by atoms with E-state index >= 15 is 0 Å². The van der Waals surface area contributed by atoms with Crippen LogP contribution in [0, 0.1) is 19.8 Å². The zero-order chi connectivity index (χ0) is 19.3. The van der Waals surface area contributed by atoms with Gasteiger partial charge in [0.2, 0.25) is 0 Å². The number of ether oxygens (including phenoxy) is 2. The third-order valence-electron chi connectivity index (χ3n) is 4.16. The van der Waals surface area contributed by atoms with Gasteiger partial charge in [-0.1, -0.05) is 13.8 Å².